The fourth-order valence-electron chi connectivity index (χ4n) is 6.13. The molecular weight excluding hydrogens is 462 g/mol. The topological polar surface area (TPSA) is 92.8 Å². The molecule has 4 aromatic rings. The van der Waals surface area contributed by atoms with E-state index in [1.165, 1.54) is 0 Å². The zero-order valence-corrected chi connectivity index (χ0v) is 21.4. The highest BCUT2D eigenvalue weighted by Gasteiger charge is 2.49. The van der Waals surface area contributed by atoms with Gasteiger partial charge in [-0.15, -0.1) is 0 Å². The highest BCUT2D eigenvalue weighted by atomic mass is 16.5. The molecule has 0 unspecified atom stereocenters. The lowest BCUT2D eigenvalue weighted by Crippen LogP contribution is -2.61. The van der Waals surface area contributed by atoms with Gasteiger partial charge >= 0.3 is 0 Å². The number of hydrogen-bond acceptors (Lipinski definition) is 6. The molecule has 1 saturated carbocycles. The molecule has 3 aromatic heterocycles. The highest BCUT2D eigenvalue weighted by molar-refractivity contribution is 5.80. The third-order valence-electron chi connectivity index (χ3n) is 8.54. The first kappa shape index (κ1) is 23.8. The van der Waals surface area contributed by atoms with Gasteiger partial charge in [-0.1, -0.05) is 18.2 Å². The lowest BCUT2D eigenvalue weighted by Gasteiger charge is -2.53. The second kappa shape index (κ2) is 9.05. The summed E-state index contributed by atoms with van der Waals surface area (Å²) in [5.74, 6) is 0. The van der Waals surface area contributed by atoms with Gasteiger partial charge in [0.25, 0.3) is 5.56 Å². The van der Waals surface area contributed by atoms with Crippen molar-refractivity contribution in [1.82, 2.24) is 19.9 Å². The van der Waals surface area contributed by atoms with Crippen LogP contribution in [-0.4, -0.2) is 32.3 Å². The Morgan fingerprint density at radius 1 is 1.16 bits per heavy atom. The van der Waals surface area contributed by atoms with Gasteiger partial charge in [0.05, 0.1) is 34.3 Å². The molecule has 3 fully saturated rings. The lowest BCUT2D eigenvalue weighted by molar-refractivity contribution is -0.165. The van der Waals surface area contributed by atoms with Crippen LogP contribution in [-0.2, 0) is 24.8 Å². The molecule has 0 amide bonds. The van der Waals surface area contributed by atoms with Crippen molar-refractivity contribution in [2.24, 2.45) is 7.05 Å². The maximum atomic E-state index is 13.0. The van der Waals surface area contributed by atoms with Crippen LogP contribution in [0.15, 0.2) is 53.5 Å². The van der Waals surface area contributed by atoms with E-state index in [4.69, 9.17) is 9.72 Å². The number of pyridine rings is 3. The number of rotatable bonds is 6. The van der Waals surface area contributed by atoms with E-state index in [-0.39, 0.29) is 16.7 Å². The molecular formula is C30H31N5O2. The van der Waals surface area contributed by atoms with Crippen molar-refractivity contribution >= 4 is 21.9 Å². The third kappa shape index (κ3) is 4.20. The van der Waals surface area contributed by atoms with Gasteiger partial charge < -0.3 is 14.6 Å². The van der Waals surface area contributed by atoms with Gasteiger partial charge in [0, 0.05) is 36.6 Å². The Kier molecular flexibility index (Phi) is 5.82. The standard InChI is InChI=1S/C30H31N5O2/c1-20-7-8-25-27(34-20)24(23(16-31)17-32-25)9-10-30-13-11-29(12-14-30,19-37-30)33-18-22-15-21-5-3-4-6-26(21)35(2)28(22)36/h3-8,15,17,33H,9-14,18-19H2,1-2H3. The number of fused-ring (bicyclic) bond motifs is 5. The number of aromatic nitrogens is 3. The largest absolute Gasteiger partial charge is 0.373 e. The number of nitrogens with zero attached hydrogens (tertiary/aromatic N) is 4. The third-order valence-corrected chi connectivity index (χ3v) is 8.54. The van der Waals surface area contributed by atoms with E-state index >= 15 is 0 Å². The highest BCUT2D eigenvalue weighted by Crippen LogP contribution is 2.46. The van der Waals surface area contributed by atoms with E-state index in [2.05, 4.69) is 22.4 Å². The van der Waals surface area contributed by atoms with Crippen LogP contribution in [0.3, 0.4) is 0 Å². The molecule has 37 heavy (non-hydrogen) atoms. The number of benzene rings is 1. The summed E-state index contributed by atoms with van der Waals surface area (Å²) < 4.78 is 8.28. The fourth-order valence-corrected chi connectivity index (χ4v) is 6.13. The summed E-state index contributed by atoms with van der Waals surface area (Å²) in [6.07, 6.45) is 7.23. The summed E-state index contributed by atoms with van der Waals surface area (Å²) >= 11 is 0. The maximum Gasteiger partial charge on any atom is 0.255 e. The average Bonchev–Trinajstić information content (AvgIpc) is 2.94. The minimum absolute atomic E-state index is 0.0474. The van der Waals surface area contributed by atoms with Crippen LogP contribution in [0.25, 0.3) is 21.9 Å². The Morgan fingerprint density at radius 2 is 1.97 bits per heavy atom. The van der Waals surface area contributed by atoms with E-state index in [1.54, 1.807) is 10.8 Å². The van der Waals surface area contributed by atoms with Crippen LogP contribution in [0, 0.1) is 18.3 Å². The summed E-state index contributed by atoms with van der Waals surface area (Å²) in [6, 6.07) is 16.2. The molecule has 7 nitrogen and oxygen atoms in total. The zero-order chi connectivity index (χ0) is 25.6. The Bertz CT molecular complexity index is 1590. The number of hydrogen-bond donors (Lipinski definition) is 1. The molecule has 7 heteroatoms. The van der Waals surface area contributed by atoms with Gasteiger partial charge in [-0.25, -0.2) is 0 Å². The molecule has 1 aliphatic carbocycles. The van der Waals surface area contributed by atoms with Gasteiger partial charge in [-0.2, -0.15) is 5.26 Å². The lowest BCUT2D eigenvalue weighted by atomic mass is 9.69. The van der Waals surface area contributed by atoms with Crippen LogP contribution in [0.5, 0.6) is 0 Å². The van der Waals surface area contributed by atoms with Crippen molar-refractivity contribution in [3.8, 4) is 6.07 Å². The van der Waals surface area contributed by atoms with Gasteiger partial charge in [0.2, 0.25) is 0 Å². The van der Waals surface area contributed by atoms with Crippen molar-refractivity contribution in [1.29, 1.82) is 5.26 Å². The molecule has 1 N–H and O–H groups in total. The van der Waals surface area contributed by atoms with E-state index in [0.29, 0.717) is 18.7 Å². The SMILES string of the molecule is Cc1ccc2ncc(C#N)c(CCC34CCC(NCc5cc6ccccc6n(C)c5=O)(CC3)CO4)c2n1. The summed E-state index contributed by atoms with van der Waals surface area (Å²) in [5, 5.41) is 14.5. The number of nitriles is 1. The molecule has 5 heterocycles. The molecule has 0 radical (unpaired) electrons. The smallest absolute Gasteiger partial charge is 0.255 e. The molecule has 2 bridgehead atoms. The second-order valence-corrected chi connectivity index (χ2v) is 10.8. The van der Waals surface area contributed by atoms with Gasteiger partial charge in [-0.05, 0) is 80.7 Å². The number of aryl methyl sites for hydroxylation is 3. The van der Waals surface area contributed by atoms with Crippen molar-refractivity contribution in [3.63, 3.8) is 0 Å². The zero-order valence-electron chi connectivity index (χ0n) is 21.4. The van der Waals surface area contributed by atoms with E-state index in [1.807, 2.05) is 50.4 Å². The van der Waals surface area contributed by atoms with Crippen LogP contribution >= 0.6 is 0 Å². The predicted molar refractivity (Wildman–Crippen MR) is 143 cm³/mol. The first-order valence-corrected chi connectivity index (χ1v) is 13.0. The monoisotopic (exact) mass is 493 g/mol. The Hall–Kier alpha value is -3.60. The molecule has 1 aromatic carbocycles. The van der Waals surface area contributed by atoms with Crippen molar-refractivity contribution in [2.45, 2.75) is 63.1 Å². The van der Waals surface area contributed by atoms with Gasteiger partial charge in [0.15, 0.2) is 0 Å². The van der Waals surface area contributed by atoms with Crippen LogP contribution in [0.4, 0.5) is 0 Å². The normalized spacial score (nSPS) is 22.9. The Morgan fingerprint density at radius 3 is 2.73 bits per heavy atom. The average molecular weight is 494 g/mol. The van der Waals surface area contributed by atoms with E-state index < -0.39 is 0 Å². The molecule has 0 atom stereocenters. The minimum atomic E-state index is -0.172. The molecule has 3 aliphatic rings. The summed E-state index contributed by atoms with van der Waals surface area (Å²) in [6.45, 7) is 3.14. The number of nitrogens with one attached hydrogen (secondary N) is 1. The van der Waals surface area contributed by atoms with Crippen molar-refractivity contribution in [3.05, 3.63) is 81.4 Å². The second-order valence-electron chi connectivity index (χ2n) is 10.8. The summed E-state index contributed by atoms with van der Waals surface area (Å²) in [7, 11) is 1.84. The number of para-hydroxylation sites is 1. The van der Waals surface area contributed by atoms with Crippen LogP contribution < -0.4 is 10.9 Å². The molecule has 2 aliphatic heterocycles. The van der Waals surface area contributed by atoms with Gasteiger partial charge in [0.1, 0.15) is 6.07 Å². The quantitative estimate of drug-likeness (QED) is 0.426. The van der Waals surface area contributed by atoms with E-state index in [9.17, 15) is 10.1 Å². The predicted octanol–water partition coefficient (Wildman–Crippen LogP) is 4.47. The number of ether oxygens (including phenoxy) is 1. The first-order valence-electron chi connectivity index (χ1n) is 13.0. The maximum absolute atomic E-state index is 13.0. The summed E-state index contributed by atoms with van der Waals surface area (Å²) in [5.41, 5.74) is 5.66. The van der Waals surface area contributed by atoms with Crippen LogP contribution in [0.1, 0.15) is 54.5 Å². The van der Waals surface area contributed by atoms with Crippen molar-refractivity contribution in [2.75, 3.05) is 6.61 Å². The molecule has 7 rings (SSSR count). The Balaban J connectivity index is 1.15. The summed E-state index contributed by atoms with van der Waals surface area (Å²) in [4.78, 5) is 22.1. The van der Waals surface area contributed by atoms with Gasteiger partial charge in [-0.3, -0.25) is 14.8 Å². The molecule has 0 spiro atoms. The molecule has 188 valence electrons. The van der Waals surface area contributed by atoms with Crippen LogP contribution in [0.2, 0.25) is 0 Å². The fraction of sp³-hybridized carbons (Fsp3) is 0.400. The minimum Gasteiger partial charge on any atom is -0.373 e. The molecule has 2 saturated heterocycles. The van der Waals surface area contributed by atoms with E-state index in [0.717, 1.165) is 77.3 Å². The van der Waals surface area contributed by atoms with Crippen molar-refractivity contribution < 1.29 is 4.74 Å². The Labute approximate surface area is 216 Å². The first-order chi connectivity index (χ1) is 17.9.